The van der Waals surface area contributed by atoms with Gasteiger partial charge in [0.2, 0.25) is 5.91 Å². The second-order valence-electron chi connectivity index (χ2n) is 9.98. The van der Waals surface area contributed by atoms with Crippen LogP contribution in [-0.2, 0) is 20.9 Å². The maximum atomic E-state index is 13.4. The van der Waals surface area contributed by atoms with Crippen molar-refractivity contribution in [1.29, 1.82) is 0 Å². The van der Waals surface area contributed by atoms with E-state index in [1.165, 1.54) is 0 Å². The zero-order chi connectivity index (χ0) is 20.4. The third kappa shape index (κ3) is 2.60. The van der Waals surface area contributed by atoms with Gasteiger partial charge in [0.1, 0.15) is 11.6 Å². The number of benzene rings is 1. The number of likely N-dealkylation sites (tertiary alicyclic amines) is 1. The SMILES string of the molecule is CC12CCC(=O)N(Cc3ccccc3)C1=CCC1[C@@H]2C(=O)C[C@]2(C)C(=O)CC[C@@H]12. The quantitative estimate of drug-likeness (QED) is 0.756. The number of carbonyl (C=O) groups is 3. The molecule has 1 aromatic rings. The lowest BCUT2D eigenvalue weighted by Gasteiger charge is -2.56. The molecule has 152 valence electrons. The van der Waals surface area contributed by atoms with Crippen LogP contribution in [0.3, 0.4) is 0 Å². The first-order valence-electron chi connectivity index (χ1n) is 11.0. The van der Waals surface area contributed by atoms with E-state index in [2.05, 4.69) is 13.0 Å². The van der Waals surface area contributed by atoms with Crippen LogP contribution in [0.15, 0.2) is 42.1 Å². The maximum absolute atomic E-state index is 13.4. The van der Waals surface area contributed by atoms with Crippen LogP contribution < -0.4 is 0 Å². The molecule has 0 radical (unpaired) electrons. The van der Waals surface area contributed by atoms with Crippen LogP contribution in [0.25, 0.3) is 0 Å². The molecule has 2 unspecified atom stereocenters. The number of amides is 1. The number of piperidine rings is 1. The van der Waals surface area contributed by atoms with Crippen LogP contribution in [0.1, 0.15) is 57.9 Å². The minimum atomic E-state index is -0.464. The summed E-state index contributed by atoms with van der Waals surface area (Å²) in [5.74, 6) is 1.13. The normalized spacial score (nSPS) is 39.0. The van der Waals surface area contributed by atoms with E-state index < -0.39 is 5.41 Å². The highest BCUT2D eigenvalue weighted by atomic mass is 16.2. The predicted molar refractivity (Wildman–Crippen MR) is 109 cm³/mol. The summed E-state index contributed by atoms with van der Waals surface area (Å²) in [4.78, 5) is 40.8. The lowest BCUT2D eigenvalue weighted by atomic mass is 9.49. The van der Waals surface area contributed by atoms with E-state index in [4.69, 9.17) is 0 Å². The van der Waals surface area contributed by atoms with E-state index in [1.807, 2.05) is 42.2 Å². The molecular weight excluding hydrogens is 362 g/mol. The standard InChI is InChI=1S/C25H29NO3/c1-24-13-12-22(29)26(15-16-6-4-3-5-7-16)20(24)10-8-17-18-9-11-21(28)25(18,2)14-19(27)23(17)24/h3-7,10,17-18,23H,8-9,11-15H2,1-2H3/t17?,18-,23+,24?,25-/m0/s1. The van der Waals surface area contributed by atoms with Gasteiger partial charge in [0.15, 0.2) is 0 Å². The maximum Gasteiger partial charge on any atom is 0.227 e. The molecule has 1 amide bonds. The number of carbonyl (C=O) groups excluding carboxylic acids is 3. The topological polar surface area (TPSA) is 54.5 Å². The van der Waals surface area contributed by atoms with Crippen LogP contribution in [0.4, 0.5) is 0 Å². The first-order chi connectivity index (χ1) is 13.8. The zero-order valence-corrected chi connectivity index (χ0v) is 17.3. The number of hydrogen-bond donors (Lipinski definition) is 0. The van der Waals surface area contributed by atoms with E-state index in [9.17, 15) is 14.4 Å². The lowest BCUT2D eigenvalue weighted by Crippen LogP contribution is -2.57. The van der Waals surface area contributed by atoms with E-state index in [0.29, 0.717) is 31.7 Å². The highest BCUT2D eigenvalue weighted by Gasteiger charge is 2.62. The van der Waals surface area contributed by atoms with Gasteiger partial charge in [0, 0.05) is 41.7 Å². The third-order valence-corrected chi connectivity index (χ3v) is 8.46. The molecule has 2 saturated carbocycles. The number of nitrogens with zero attached hydrogens (tertiary/aromatic N) is 1. The van der Waals surface area contributed by atoms with Crippen molar-refractivity contribution in [2.24, 2.45) is 28.6 Å². The summed E-state index contributed by atoms with van der Waals surface area (Å²) >= 11 is 0. The lowest BCUT2D eigenvalue weighted by molar-refractivity contribution is -0.152. The van der Waals surface area contributed by atoms with Gasteiger partial charge in [-0.15, -0.1) is 0 Å². The second kappa shape index (κ2) is 6.38. The summed E-state index contributed by atoms with van der Waals surface area (Å²) in [6.07, 6.45) is 6.15. The Morgan fingerprint density at radius 3 is 2.55 bits per heavy atom. The molecule has 3 aliphatic carbocycles. The van der Waals surface area contributed by atoms with Crippen LogP contribution >= 0.6 is 0 Å². The van der Waals surface area contributed by atoms with E-state index in [0.717, 1.165) is 30.5 Å². The Hall–Kier alpha value is -2.23. The van der Waals surface area contributed by atoms with Gasteiger partial charge in [0.25, 0.3) is 0 Å². The van der Waals surface area contributed by atoms with Gasteiger partial charge >= 0.3 is 0 Å². The van der Waals surface area contributed by atoms with Crippen molar-refractivity contribution in [2.75, 3.05) is 0 Å². The molecule has 0 aromatic heterocycles. The minimum absolute atomic E-state index is 0.0714. The van der Waals surface area contributed by atoms with E-state index in [1.54, 1.807) is 0 Å². The number of fused-ring (bicyclic) bond motifs is 5. The summed E-state index contributed by atoms with van der Waals surface area (Å²) in [6, 6.07) is 10.1. The van der Waals surface area contributed by atoms with Crippen molar-refractivity contribution >= 4 is 17.5 Å². The predicted octanol–water partition coefficient (Wildman–Crippen LogP) is 4.29. The molecule has 1 saturated heterocycles. The molecule has 0 spiro atoms. The molecule has 0 N–H and O–H groups in total. The fourth-order valence-electron chi connectivity index (χ4n) is 7.00. The fraction of sp³-hybridized carbons (Fsp3) is 0.560. The van der Waals surface area contributed by atoms with Crippen LogP contribution in [-0.4, -0.2) is 22.4 Å². The first-order valence-corrected chi connectivity index (χ1v) is 11.0. The fourth-order valence-corrected chi connectivity index (χ4v) is 7.00. The van der Waals surface area contributed by atoms with Crippen LogP contribution in [0.2, 0.25) is 0 Å². The van der Waals surface area contributed by atoms with E-state index in [-0.39, 0.29) is 34.7 Å². The largest absolute Gasteiger partial charge is 0.312 e. The molecule has 1 heterocycles. The summed E-state index contributed by atoms with van der Waals surface area (Å²) < 4.78 is 0. The number of allylic oxidation sites excluding steroid dienone is 2. The first kappa shape index (κ1) is 18.8. The Kier molecular flexibility index (Phi) is 4.13. The molecule has 5 atom stereocenters. The molecular formula is C25H29NO3. The van der Waals surface area contributed by atoms with Crippen molar-refractivity contribution < 1.29 is 14.4 Å². The molecule has 1 aliphatic heterocycles. The Morgan fingerprint density at radius 1 is 1.03 bits per heavy atom. The van der Waals surface area contributed by atoms with Crippen molar-refractivity contribution in [3.63, 3.8) is 0 Å². The molecule has 1 aromatic carbocycles. The second-order valence-corrected chi connectivity index (χ2v) is 9.98. The van der Waals surface area contributed by atoms with Crippen molar-refractivity contribution in [2.45, 2.75) is 58.9 Å². The van der Waals surface area contributed by atoms with Crippen LogP contribution in [0.5, 0.6) is 0 Å². The zero-order valence-electron chi connectivity index (χ0n) is 17.3. The Morgan fingerprint density at radius 2 is 1.79 bits per heavy atom. The average Bonchev–Trinajstić information content (AvgIpc) is 2.99. The number of hydrogen-bond acceptors (Lipinski definition) is 3. The Balaban J connectivity index is 1.53. The summed E-state index contributed by atoms with van der Waals surface area (Å²) in [7, 11) is 0. The summed E-state index contributed by atoms with van der Waals surface area (Å²) in [6.45, 7) is 4.78. The van der Waals surface area contributed by atoms with Gasteiger partial charge in [-0.1, -0.05) is 50.3 Å². The Labute approximate surface area is 172 Å². The molecule has 4 heteroatoms. The molecule has 5 rings (SSSR count). The van der Waals surface area contributed by atoms with Crippen molar-refractivity contribution in [1.82, 2.24) is 4.90 Å². The van der Waals surface area contributed by atoms with Gasteiger partial charge in [-0.3, -0.25) is 14.4 Å². The highest BCUT2D eigenvalue weighted by Crippen LogP contribution is 2.62. The number of rotatable bonds is 2. The van der Waals surface area contributed by atoms with Gasteiger partial charge in [-0.25, -0.2) is 0 Å². The molecule has 0 bridgehead atoms. The highest BCUT2D eigenvalue weighted by molar-refractivity contribution is 5.96. The number of Topliss-reactive ketones (excluding diaryl/α,β-unsaturated/α-hetero) is 2. The Bertz CT molecular complexity index is 919. The van der Waals surface area contributed by atoms with Gasteiger partial charge in [-0.05, 0) is 36.7 Å². The summed E-state index contributed by atoms with van der Waals surface area (Å²) in [5.41, 5.74) is 1.38. The van der Waals surface area contributed by atoms with Gasteiger partial charge in [-0.2, -0.15) is 0 Å². The smallest absolute Gasteiger partial charge is 0.227 e. The molecule has 29 heavy (non-hydrogen) atoms. The third-order valence-electron chi connectivity index (χ3n) is 8.46. The number of ketones is 2. The molecule has 3 fully saturated rings. The molecule has 4 aliphatic rings. The van der Waals surface area contributed by atoms with Crippen molar-refractivity contribution in [3.8, 4) is 0 Å². The van der Waals surface area contributed by atoms with Gasteiger partial charge in [0.05, 0.1) is 6.54 Å². The molecule has 4 nitrogen and oxygen atoms in total. The van der Waals surface area contributed by atoms with Crippen molar-refractivity contribution in [3.05, 3.63) is 47.7 Å². The van der Waals surface area contributed by atoms with Gasteiger partial charge < -0.3 is 4.90 Å². The minimum Gasteiger partial charge on any atom is -0.312 e. The van der Waals surface area contributed by atoms with Crippen LogP contribution in [0, 0.1) is 28.6 Å². The summed E-state index contributed by atoms with van der Waals surface area (Å²) in [5, 5.41) is 0. The average molecular weight is 392 g/mol. The van der Waals surface area contributed by atoms with E-state index >= 15 is 0 Å². The monoisotopic (exact) mass is 391 g/mol.